The summed E-state index contributed by atoms with van der Waals surface area (Å²) < 4.78 is 5.59. The molecule has 0 heterocycles. The molecule has 0 saturated heterocycles. The molecule has 0 spiro atoms. The van der Waals surface area contributed by atoms with Crippen molar-refractivity contribution in [1.82, 2.24) is 0 Å². The molecular weight excluding hydrogens is 242 g/mol. The molecule has 0 atom stereocenters. The maximum absolute atomic E-state index is 10.8. The molecule has 2 aromatic rings. The van der Waals surface area contributed by atoms with E-state index in [0.29, 0.717) is 18.0 Å². The summed E-state index contributed by atoms with van der Waals surface area (Å²) in [6.45, 7) is 2.41. The van der Waals surface area contributed by atoms with Crippen molar-refractivity contribution < 1.29 is 14.6 Å². The minimum atomic E-state index is -1.00. The summed E-state index contributed by atoms with van der Waals surface area (Å²) in [5, 5.41) is 8.84. The van der Waals surface area contributed by atoms with Gasteiger partial charge in [0.2, 0.25) is 0 Å². The molecule has 0 aliphatic carbocycles. The molecule has 0 bridgehead atoms. The van der Waals surface area contributed by atoms with Crippen LogP contribution in [0.4, 0.5) is 5.69 Å². The molecule has 3 N–H and O–H groups in total. The molecule has 0 unspecified atom stereocenters. The highest BCUT2D eigenvalue weighted by molar-refractivity contribution is 5.89. The lowest BCUT2D eigenvalue weighted by Gasteiger charge is -2.10. The Bertz CT molecular complexity index is 608. The van der Waals surface area contributed by atoms with Crippen LogP contribution in [0.25, 0.3) is 0 Å². The molecule has 2 rings (SSSR count). The first-order valence-corrected chi connectivity index (χ1v) is 5.87. The quantitative estimate of drug-likeness (QED) is 0.826. The van der Waals surface area contributed by atoms with E-state index in [-0.39, 0.29) is 5.56 Å². The first-order chi connectivity index (χ1) is 9.06. The monoisotopic (exact) mass is 257 g/mol. The van der Waals surface area contributed by atoms with Crippen LogP contribution in [0.1, 0.15) is 21.5 Å². The second-order valence-electron chi connectivity index (χ2n) is 4.34. The molecule has 2 aromatic carbocycles. The maximum Gasteiger partial charge on any atom is 0.335 e. The lowest BCUT2D eigenvalue weighted by molar-refractivity contribution is 0.0697. The molecule has 0 saturated carbocycles. The summed E-state index contributed by atoms with van der Waals surface area (Å²) in [5.41, 5.74) is 8.45. The molecule has 4 nitrogen and oxygen atoms in total. The van der Waals surface area contributed by atoms with Crippen LogP contribution in [-0.4, -0.2) is 11.1 Å². The number of ether oxygens (including phenoxy) is 1. The van der Waals surface area contributed by atoms with Gasteiger partial charge < -0.3 is 15.6 Å². The first kappa shape index (κ1) is 13.0. The fourth-order valence-electron chi connectivity index (χ4n) is 1.78. The highest BCUT2D eigenvalue weighted by atomic mass is 16.5. The van der Waals surface area contributed by atoms with Crippen LogP contribution in [0.3, 0.4) is 0 Å². The molecule has 0 fully saturated rings. The van der Waals surface area contributed by atoms with E-state index in [9.17, 15) is 4.79 Å². The van der Waals surface area contributed by atoms with E-state index in [1.165, 1.54) is 12.1 Å². The van der Waals surface area contributed by atoms with Gasteiger partial charge in [0.25, 0.3) is 0 Å². The van der Waals surface area contributed by atoms with Crippen LogP contribution in [-0.2, 0) is 6.61 Å². The van der Waals surface area contributed by atoms with Crippen molar-refractivity contribution in [1.29, 1.82) is 0 Å². The number of anilines is 1. The lowest BCUT2D eigenvalue weighted by atomic mass is 10.1. The van der Waals surface area contributed by atoms with Crippen LogP contribution in [0, 0.1) is 6.92 Å². The Morgan fingerprint density at radius 3 is 2.68 bits per heavy atom. The number of hydrogen-bond acceptors (Lipinski definition) is 3. The van der Waals surface area contributed by atoms with Gasteiger partial charge in [0.05, 0.1) is 11.3 Å². The Balaban J connectivity index is 2.10. The second kappa shape index (κ2) is 5.44. The average Bonchev–Trinajstić information content (AvgIpc) is 2.37. The van der Waals surface area contributed by atoms with E-state index in [0.717, 1.165) is 11.1 Å². The number of carboxylic acids is 1. The predicted molar refractivity (Wildman–Crippen MR) is 73.3 cm³/mol. The Morgan fingerprint density at radius 1 is 1.26 bits per heavy atom. The van der Waals surface area contributed by atoms with Crippen LogP contribution in [0.2, 0.25) is 0 Å². The summed E-state index contributed by atoms with van der Waals surface area (Å²) in [4.78, 5) is 10.8. The Kier molecular flexibility index (Phi) is 3.71. The average molecular weight is 257 g/mol. The SMILES string of the molecule is Cc1cccc(COc2ccc(C(=O)O)cc2N)c1. The highest BCUT2D eigenvalue weighted by Gasteiger charge is 2.07. The van der Waals surface area contributed by atoms with Crippen molar-refractivity contribution in [3.05, 3.63) is 59.2 Å². The van der Waals surface area contributed by atoms with Crippen LogP contribution in [0.15, 0.2) is 42.5 Å². The van der Waals surface area contributed by atoms with Gasteiger partial charge in [-0.15, -0.1) is 0 Å². The largest absolute Gasteiger partial charge is 0.487 e. The van der Waals surface area contributed by atoms with Crippen molar-refractivity contribution in [2.45, 2.75) is 13.5 Å². The lowest BCUT2D eigenvalue weighted by Crippen LogP contribution is -2.02. The third-order valence-corrected chi connectivity index (χ3v) is 2.73. The van der Waals surface area contributed by atoms with E-state index >= 15 is 0 Å². The van der Waals surface area contributed by atoms with Crippen molar-refractivity contribution >= 4 is 11.7 Å². The molecule has 0 aliphatic rings. The van der Waals surface area contributed by atoms with Crippen LogP contribution >= 0.6 is 0 Å². The van der Waals surface area contributed by atoms with Crippen molar-refractivity contribution in [3.63, 3.8) is 0 Å². The third-order valence-electron chi connectivity index (χ3n) is 2.73. The number of aryl methyl sites for hydroxylation is 1. The zero-order chi connectivity index (χ0) is 13.8. The number of benzene rings is 2. The number of aromatic carboxylic acids is 1. The number of carbonyl (C=O) groups is 1. The van der Waals surface area contributed by atoms with E-state index in [1.54, 1.807) is 6.07 Å². The molecule has 0 radical (unpaired) electrons. The molecule has 0 aliphatic heterocycles. The molecule has 98 valence electrons. The smallest absolute Gasteiger partial charge is 0.335 e. The summed E-state index contributed by atoms with van der Waals surface area (Å²) in [7, 11) is 0. The standard InChI is InChI=1S/C15H15NO3/c1-10-3-2-4-11(7-10)9-19-14-6-5-12(15(17)18)8-13(14)16/h2-8H,9,16H2,1H3,(H,17,18). The third kappa shape index (κ3) is 3.25. The summed E-state index contributed by atoms with van der Waals surface area (Å²) in [6.07, 6.45) is 0. The molecular formula is C15H15NO3. The van der Waals surface area contributed by atoms with Gasteiger partial charge in [0, 0.05) is 0 Å². The number of hydrogen-bond donors (Lipinski definition) is 2. The number of nitrogens with two attached hydrogens (primary N) is 1. The summed E-state index contributed by atoms with van der Waals surface area (Å²) in [5.74, 6) is -0.511. The zero-order valence-corrected chi connectivity index (χ0v) is 10.6. The van der Waals surface area contributed by atoms with E-state index < -0.39 is 5.97 Å². The van der Waals surface area contributed by atoms with E-state index in [2.05, 4.69) is 0 Å². The van der Waals surface area contributed by atoms with Gasteiger partial charge in [-0.2, -0.15) is 0 Å². The van der Waals surface area contributed by atoms with Crippen molar-refractivity contribution in [2.75, 3.05) is 5.73 Å². The fourth-order valence-corrected chi connectivity index (χ4v) is 1.78. The van der Waals surface area contributed by atoms with Crippen molar-refractivity contribution in [2.24, 2.45) is 0 Å². The van der Waals surface area contributed by atoms with Gasteiger partial charge in [-0.3, -0.25) is 0 Å². The fraction of sp³-hybridized carbons (Fsp3) is 0.133. The highest BCUT2D eigenvalue weighted by Crippen LogP contribution is 2.23. The zero-order valence-electron chi connectivity index (χ0n) is 10.6. The van der Waals surface area contributed by atoms with Gasteiger partial charge in [0.1, 0.15) is 12.4 Å². The van der Waals surface area contributed by atoms with Crippen LogP contribution in [0.5, 0.6) is 5.75 Å². The van der Waals surface area contributed by atoms with E-state index in [4.69, 9.17) is 15.6 Å². The molecule has 4 heteroatoms. The minimum absolute atomic E-state index is 0.153. The predicted octanol–water partition coefficient (Wildman–Crippen LogP) is 2.85. The number of rotatable bonds is 4. The minimum Gasteiger partial charge on any atom is -0.487 e. The summed E-state index contributed by atoms with van der Waals surface area (Å²) >= 11 is 0. The van der Waals surface area contributed by atoms with Gasteiger partial charge in [-0.1, -0.05) is 29.8 Å². The van der Waals surface area contributed by atoms with Crippen molar-refractivity contribution in [3.8, 4) is 5.75 Å². The van der Waals surface area contributed by atoms with E-state index in [1.807, 2.05) is 31.2 Å². The first-order valence-electron chi connectivity index (χ1n) is 5.87. The van der Waals surface area contributed by atoms with Gasteiger partial charge >= 0.3 is 5.97 Å². The summed E-state index contributed by atoms with van der Waals surface area (Å²) in [6, 6.07) is 12.4. The topological polar surface area (TPSA) is 72.5 Å². The van der Waals surface area contributed by atoms with Crippen LogP contribution < -0.4 is 10.5 Å². The number of carboxylic acid groups (broad SMARTS) is 1. The normalized spacial score (nSPS) is 10.2. The van der Waals surface area contributed by atoms with Gasteiger partial charge in [0.15, 0.2) is 0 Å². The Labute approximate surface area is 111 Å². The van der Waals surface area contributed by atoms with Gasteiger partial charge in [-0.25, -0.2) is 4.79 Å². The molecule has 0 amide bonds. The molecule has 0 aromatic heterocycles. The Hall–Kier alpha value is -2.49. The Morgan fingerprint density at radius 2 is 2.05 bits per heavy atom. The van der Waals surface area contributed by atoms with Gasteiger partial charge in [-0.05, 0) is 30.7 Å². The number of nitrogen functional groups attached to an aromatic ring is 1. The molecule has 19 heavy (non-hydrogen) atoms. The maximum atomic E-state index is 10.8. The second-order valence-corrected chi connectivity index (χ2v) is 4.34.